The first-order valence-electron chi connectivity index (χ1n) is 4.85. The van der Waals surface area contributed by atoms with E-state index in [9.17, 15) is 0 Å². The number of furan rings is 1. The minimum Gasteiger partial charge on any atom is -0.461 e. The Bertz CT molecular complexity index is 622. The Balaban J connectivity index is 2.07. The molecule has 0 aromatic carbocycles. The standard InChI is InChI=1S/C10H8N4O2S/c1-5-7(8(11)17-14-5)10-12-9(13-16-10)6-3-2-4-15-6/h2-4H,11H2,1H3. The van der Waals surface area contributed by atoms with Gasteiger partial charge in [-0.3, -0.25) is 0 Å². The van der Waals surface area contributed by atoms with Gasteiger partial charge in [-0.15, -0.1) is 0 Å². The largest absolute Gasteiger partial charge is 0.461 e. The third-order valence-electron chi connectivity index (χ3n) is 2.27. The van der Waals surface area contributed by atoms with Crippen molar-refractivity contribution in [2.24, 2.45) is 0 Å². The van der Waals surface area contributed by atoms with Crippen molar-refractivity contribution < 1.29 is 8.94 Å². The zero-order valence-electron chi connectivity index (χ0n) is 8.88. The first kappa shape index (κ1) is 10.0. The molecule has 0 aliphatic carbocycles. The summed E-state index contributed by atoms with van der Waals surface area (Å²) in [7, 11) is 0. The van der Waals surface area contributed by atoms with Crippen molar-refractivity contribution in [1.29, 1.82) is 0 Å². The van der Waals surface area contributed by atoms with Gasteiger partial charge in [0.05, 0.1) is 17.5 Å². The monoisotopic (exact) mass is 248 g/mol. The van der Waals surface area contributed by atoms with Crippen LogP contribution in [0, 0.1) is 6.92 Å². The molecule has 0 spiro atoms. The Morgan fingerprint density at radius 2 is 2.29 bits per heavy atom. The Kier molecular flexibility index (Phi) is 2.19. The van der Waals surface area contributed by atoms with Crippen LogP contribution >= 0.6 is 11.5 Å². The maximum Gasteiger partial charge on any atom is 0.263 e. The molecule has 0 aliphatic rings. The number of nitrogens with two attached hydrogens (primary N) is 1. The van der Waals surface area contributed by atoms with Crippen molar-refractivity contribution in [3.63, 3.8) is 0 Å². The second kappa shape index (κ2) is 3.70. The van der Waals surface area contributed by atoms with E-state index in [4.69, 9.17) is 14.7 Å². The molecular formula is C10H8N4O2S. The van der Waals surface area contributed by atoms with Crippen molar-refractivity contribution >= 4 is 16.5 Å². The fourth-order valence-corrected chi connectivity index (χ4v) is 2.13. The van der Waals surface area contributed by atoms with E-state index in [2.05, 4.69) is 14.5 Å². The lowest BCUT2D eigenvalue weighted by atomic mass is 10.2. The van der Waals surface area contributed by atoms with Gasteiger partial charge in [0.15, 0.2) is 5.76 Å². The van der Waals surface area contributed by atoms with Gasteiger partial charge in [-0.2, -0.15) is 9.36 Å². The first-order chi connectivity index (χ1) is 8.25. The van der Waals surface area contributed by atoms with Gasteiger partial charge in [0.2, 0.25) is 5.82 Å². The molecule has 7 heteroatoms. The molecule has 3 aromatic rings. The third kappa shape index (κ3) is 1.60. The summed E-state index contributed by atoms with van der Waals surface area (Å²) in [5, 5.41) is 4.41. The van der Waals surface area contributed by atoms with E-state index in [0.717, 1.165) is 5.69 Å². The molecule has 0 amide bonds. The number of nitrogen functional groups attached to an aromatic ring is 1. The van der Waals surface area contributed by atoms with E-state index in [1.165, 1.54) is 11.5 Å². The van der Waals surface area contributed by atoms with Crippen molar-refractivity contribution in [2.75, 3.05) is 5.73 Å². The van der Waals surface area contributed by atoms with E-state index in [1.807, 2.05) is 6.92 Å². The van der Waals surface area contributed by atoms with Crippen LogP contribution in [-0.4, -0.2) is 14.5 Å². The maximum absolute atomic E-state index is 5.81. The summed E-state index contributed by atoms with van der Waals surface area (Å²) in [5.74, 6) is 1.31. The maximum atomic E-state index is 5.81. The lowest BCUT2D eigenvalue weighted by Crippen LogP contribution is -1.86. The Morgan fingerprint density at radius 3 is 2.94 bits per heavy atom. The van der Waals surface area contributed by atoms with Gasteiger partial charge < -0.3 is 14.7 Å². The summed E-state index contributed by atoms with van der Waals surface area (Å²) < 4.78 is 14.5. The van der Waals surface area contributed by atoms with Gasteiger partial charge in [-0.25, -0.2) is 0 Å². The van der Waals surface area contributed by atoms with Crippen LogP contribution in [0.25, 0.3) is 23.0 Å². The molecule has 3 aromatic heterocycles. The third-order valence-corrected chi connectivity index (χ3v) is 3.04. The zero-order valence-corrected chi connectivity index (χ0v) is 9.69. The van der Waals surface area contributed by atoms with E-state index in [1.54, 1.807) is 18.4 Å². The lowest BCUT2D eigenvalue weighted by Gasteiger charge is -1.91. The van der Waals surface area contributed by atoms with Crippen molar-refractivity contribution in [1.82, 2.24) is 14.5 Å². The average Bonchev–Trinajstić information content (AvgIpc) is 2.98. The molecule has 86 valence electrons. The zero-order chi connectivity index (χ0) is 11.8. The number of aryl methyl sites for hydroxylation is 1. The number of aromatic nitrogens is 3. The molecule has 6 nitrogen and oxygen atoms in total. The number of anilines is 1. The Labute approximate surface area is 100 Å². The summed E-state index contributed by atoms with van der Waals surface area (Å²) in [6, 6.07) is 3.52. The van der Waals surface area contributed by atoms with Crippen LogP contribution in [0.5, 0.6) is 0 Å². The van der Waals surface area contributed by atoms with Gasteiger partial charge in [-0.1, -0.05) is 5.16 Å². The van der Waals surface area contributed by atoms with Crippen molar-refractivity contribution in [3.8, 4) is 23.0 Å². The van der Waals surface area contributed by atoms with Crippen LogP contribution < -0.4 is 5.73 Å². The fourth-order valence-electron chi connectivity index (χ4n) is 1.48. The summed E-state index contributed by atoms with van der Waals surface area (Å²) >= 11 is 1.21. The number of nitrogens with zero attached hydrogens (tertiary/aromatic N) is 3. The Hall–Kier alpha value is -2.15. The minimum absolute atomic E-state index is 0.361. The van der Waals surface area contributed by atoms with Gasteiger partial charge in [0.1, 0.15) is 5.00 Å². The van der Waals surface area contributed by atoms with Crippen LogP contribution in [0.4, 0.5) is 5.00 Å². The molecule has 0 fully saturated rings. The smallest absolute Gasteiger partial charge is 0.263 e. The highest BCUT2D eigenvalue weighted by Crippen LogP contribution is 2.32. The Morgan fingerprint density at radius 1 is 1.41 bits per heavy atom. The average molecular weight is 248 g/mol. The topological polar surface area (TPSA) is 91.0 Å². The minimum atomic E-state index is 0.361. The fraction of sp³-hybridized carbons (Fsp3) is 0.100. The molecule has 3 heterocycles. The molecule has 0 unspecified atom stereocenters. The first-order valence-corrected chi connectivity index (χ1v) is 5.63. The molecule has 17 heavy (non-hydrogen) atoms. The second-order valence-corrected chi connectivity index (χ2v) is 4.21. The van der Waals surface area contributed by atoms with Gasteiger partial charge >= 0.3 is 0 Å². The molecule has 0 saturated heterocycles. The van der Waals surface area contributed by atoms with Gasteiger partial charge in [-0.05, 0) is 30.6 Å². The highest BCUT2D eigenvalue weighted by molar-refractivity contribution is 7.10. The highest BCUT2D eigenvalue weighted by atomic mass is 32.1. The molecular weight excluding hydrogens is 240 g/mol. The number of rotatable bonds is 2. The SMILES string of the molecule is Cc1nsc(N)c1-c1nc(-c2ccco2)no1. The molecule has 0 radical (unpaired) electrons. The van der Waals surface area contributed by atoms with Crippen LogP contribution in [0.3, 0.4) is 0 Å². The van der Waals surface area contributed by atoms with Crippen LogP contribution in [-0.2, 0) is 0 Å². The molecule has 3 rings (SSSR count). The number of hydrogen-bond acceptors (Lipinski definition) is 7. The van der Waals surface area contributed by atoms with Crippen molar-refractivity contribution in [3.05, 3.63) is 24.1 Å². The van der Waals surface area contributed by atoms with Gasteiger partial charge in [0.25, 0.3) is 5.89 Å². The lowest BCUT2D eigenvalue weighted by molar-refractivity contribution is 0.429. The quantitative estimate of drug-likeness (QED) is 0.748. The molecule has 0 atom stereocenters. The number of hydrogen-bond donors (Lipinski definition) is 1. The van der Waals surface area contributed by atoms with Gasteiger partial charge in [0, 0.05) is 0 Å². The summed E-state index contributed by atoms with van der Waals surface area (Å²) in [6.07, 6.45) is 1.55. The van der Waals surface area contributed by atoms with Crippen LogP contribution in [0.1, 0.15) is 5.69 Å². The van der Waals surface area contributed by atoms with E-state index in [-0.39, 0.29) is 0 Å². The summed E-state index contributed by atoms with van der Waals surface area (Å²) in [6.45, 7) is 1.85. The summed E-state index contributed by atoms with van der Waals surface area (Å²) in [5.41, 5.74) is 7.28. The predicted molar refractivity (Wildman–Crippen MR) is 62.3 cm³/mol. The van der Waals surface area contributed by atoms with Crippen LogP contribution in [0.15, 0.2) is 27.3 Å². The normalized spacial score (nSPS) is 10.9. The molecule has 0 bridgehead atoms. The molecule has 0 saturated carbocycles. The second-order valence-electron chi connectivity index (χ2n) is 3.41. The predicted octanol–water partition coefficient (Wildman–Crippen LogP) is 2.34. The van der Waals surface area contributed by atoms with Crippen molar-refractivity contribution in [2.45, 2.75) is 6.92 Å². The van der Waals surface area contributed by atoms with E-state index in [0.29, 0.717) is 28.0 Å². The van der Waals surface area contributed by atoms with E-state index < -0.39 is 0 Å². The van der Waals surface area contributed by atoms with Crippen LogP contribution in [0.2, 0.25) is 0 Å². The van der Waals surface area contributed by atoms with E-state index >= 15 is 0 Å². The highest BCUT2D eigenvalue weighted by Gasteiger charge is 2.18. The summed E-state index contributed by atoms with van der Waals surface area (Å²) in [4.78, 5) is 4.23. The molecule has 0 aliphatic heterocycles. The molecule has 2 N–H and O–H groups in total.